The number of carbonyl (C=O) groups excluding carboxylic acids is 1. The van der Waals surface area contributed by atoms with E-state index in [4.69, 9.17) is 5.73 Å². The Bertz CT molecular complexity index is 755. The maximum absolute atomic E-state index is 11.6. The number of nitrogen functional groups attached to an aromatic ring is 1. The van der Waals surface area contributed by atoms with Crippen LogP contribution in [0.25, 0.3) is 5.57 Å². The third-order valence-corrected chi connectivity index (χ3v) is 6.59. The number of carbonyl (C=O) groups is 1. The van der Waals surface area contributed by atoms with E-state index in [-0.39, 0.29) is 11.3 Å². The van der Waals surface area contributed by atoms with Crippen molar-refractivity contribution in [2.75, 3.05) is 38.5 Å². The molecule has 0 radical (unpaired) electrons. The van der Waals surface area contributed by atoms with Gasteiger partial charge in [0, 0.05) is 56.3 Å². The highest BCUT2D eigenvalue weighted by atomic mass is 16.2. The summed E-state index contributed by atoms with van der Waals surface area (Å²) in [6.45, 7) is 15.5. The van der Waals surface area contributed by atoms with Crippen molar-refractivity contribution in [2.24, 2.45) is 5.41 Å². The Morgan fingerprint density at radius 2 is 1.86 bits per heavy atom. The Kier molecular flexibility index (Phi) is 5.90. The van der Waals surface area contributed by atoms with Gasteiger partial charge in [0.15, 0.2) is 0 Å². The Labute approximate surface area is 170 Å². The molecular weight excluding hydrogens is 346 g/mol. The maximum Gasteiger partial charge on any atom is 0.219 e. The van der Waals surface area contributed by atoms with E-state index >= 15 is 0 Å². The number of nitrogens with two attached hydrogens (primary N) is 1. The molecule has 1 heterocycles. The molecule has 4 heteroatoms. The number of rotatable bonds is 4. The molecule has 0 spiro atoms. The number of anilines is 1. The average Bonchev–Trinajstić information content (AvgIpc) is 2.62. The normalized spacial score (nSPS) is 20.8. The number of allylic oxidation sites excluding steroid dienone is 2. The van der Waals surface area contributed by atoms with Gasteiger partial charge in [-0.1, -0.05) is 39.8 Å². The third-order valence-electron chi connectivity index (χ3n) is 6.59. The zero-order valence-electron chi connectivity index (χ0n) is 18.3. The second kappa shape index (κ2) is 7.90. The largest absolute Gasteiger partial charge is 0.398 e. The molecule has 0 aromatic heterocycles. The molecule has 1 aromatic rings. The van der Waals surface area contributed by atoms with Crippen LogP contribution in [0.3, 0.4) is 0 Å². The van der Waals surface area contributed by atoms with E-state index in [0.29, 0.717) is 5.41 Å². The summed E-state index contributed by atoms with van der Waals surface area (Å²) >= 11 is 0. The van der Waals surface area contributed by atoms with E-state index in [1.807, 2.05) is 4.90 Å². The van der Waals surface area contributed by atoms with Gasteiger partial charge < -0.3 is 10.6 Å². The van der Waals surface area contributed by atoms with Gasteiger partial charge in [-0.15, -0.1) is 0 Å². The molecule has 0 bridgehead atoms. The highest BCUT2D eigenvalue weighted by Crippen LogP contribution is 2.40. The smallest absolute Gasteiger partial charge is 0.219 e. The van der Waals surface area contributed by atoms with Gasteiger partial charge in [-0.05, 0) is 47.9 Å². The second-order valence-corrected chi connectivity index (χ2v) is 10.1. The lowest BCUT2D eigenvalue weighted by Gasteiger charge is -2.39. The standard InChI is InChI=1S/C24H37N3O/c1-18(28)27-14-12-26(13-15-27)17-24(4,5)20-6-7-22(25)21(16-20)19-8-10-23(2,3)11-9-19/h6-8,16H,9-15,17,25H2,1-5H3. The van der Waals surface area contributed by atoms with E-state index in [1.54, 1.807) is 6.92 Å². The van der Waals surface area contributed by atoms with Crippen LogP contribution in [0.15, 0.2) is 24.3 Å². The lowest BCUT2D eigenvalue weighted by molar-refractivity contribution is -0.130. The lowest BCUT2D eigenvalue weighted by Crippen LogP contribution is -2.50. The van der Waals surface area contributed by atoms with Crippen LogP contribution >= 0.6 is 0 Å². The Balaban J connectivity index is 1.74. The number of nitrogens with zero attached hydrogens (tertiary/aromatic N) is 2. The number of piperazine rings is 1. The zero-order valence-corrected chi connectivity index (χ0v) is 18.3. The first-order valence-corrected chi connectivity index (χ1v) is 10.6. The van der Waals surface area contributed by atoms with Crippen LogP contribution in [0.2, 0.25) is 0 Å². The maximum atomic E-state index is 11.6. The number of hydrogen-bond acceptors (Lipinski definition) is 3. The molecule has 1 aliphatic carbocycles. The Hall–Kier alpha value is -1.81. The van der Waals surface area contributed by atoms with Crippen molar-refractivity contribution in [3.63, 3.8) is 0 Å². The fourth-order valence-corrected chi connectivity index (χ4v) is 4.45. The van der Waals surface area contributed by atoms with Crippen molar-refractivity contribution >= 4 is 17.2 Å². The van der Waals surface area contributed by atoms with Crippen LogP contribution in [0.5, 0.6) is 0 Å². The van der Waals surface area contributed by atoms with Gasteiger partial charge >= 0.3 is 0 Å². The summed E-state index contributed by atoms with van der Waals surface area (Å²) < 4.78 is 0. The van der Waals surface area contributed by atoms with Gasteiger partial charge in [0.05, 0.1) is 0 Å². The predicted octanol–water partition coefficient (Wildman–Crippen LogP) is 4.30. The molecule has 1 saturated heterocycles. The van der Waals surface area contributed by atoms with Gasteiger partial charge in [-0.25, -0.2) is 0 Å². The van der Waals surface area contributed by atoms with Crippen LogP contribution in [-0.4, -0.2) is 48.4 Å². The lowest BCUT2D eigenvalue weighted by atomic mass is 9.76. The molecule has 28 heavy (non-hydrogen) atoms. The highest BCUT2D eigenvalue weighted by Gasteiger charge is 2.28. The quantitative estimate of drug-likeness (QED) is 0.789. The van der Waals surface area contributed by atoms with Crippen molar-refractivity contribution < 1.29 is 4.79 Å². The number of amides is 1. The molecule has 1 aromatic carbocycles. The van der Waals surface area contributed by atoms with Gasteiger partial charge in [0.2, 0.25) is 5.91 Å². The summed E-state index contributed by atoms with van der Waals surface area (Å²) in [5.41, 5.74) is 11.7. The zero-order chi connectivity index (χ0) is 20.5. The minimum Gasteiger partial charge on any atom is -0.398 e. The molecule has 1 aliphatic heterocycles. The van der Waals surface area contributed by atoms with Gasteiger partial charge in [-0.3, -0.25) is 9.69 Å². The van der Waals surface area contributed by atoms with E-state index in [0.717, 1.165) is 51.3 Å². The molecule has 154 valence electrons. The van der Waals surface area contributed by atoms with Gasteiger partial charge in [-0.2, -0.15) is 0 Å². The molecule has 0 unspecified atom stereocenters. The van der Waals surface area contributed by atoms with Crippen LogP contribution in [0, 0.1) is 5.41 Å². The van der Waals surface area contributed by atoms with E-state index in [2.05, 4.69) is 56.9 Å². The Morgan fingerprint density at radius 3 is 2.43 bits per heavy atom. The van der Waals surface area contributed by atoms with Crippen molar-refractivity contribution in [2.45, 2.75) is 59.3 Å². The molecule has 4 nitrogen and oxygen atoms in total. The first-order valence-electron chi connectivity index (χ1n) is 10.6. The SMILES string of the molecule is CC(=O)N1CCN(CC(C)(C)c2ccc(N)c(C3=CCC(C)(C)CC3)c2)CC1. The predicted molar refractivity (Wildman–Crippen MR) is 118 cm³/mol. The van der Waals surface area contributed by atoms with E-state index in [1.165, 1.54) is 23.1 Å². The minimum absolute atomic E-state index is 0.0370. The molecule has 2 aliphatic rings. The molecule has 3 rings (SSSR count). The summed E-state index contributed by atoms with van der Waals surface area (Å²) in [5.74, 6) is 0.186. The van der Waals surface area contributed by atoms with Gasteiger partial charge in [0.25, 0.3) is 0 Å². The topological polar surface area (TPSA) is 49.6 Å². The molecule has 1 amide bonds. The van der Waals surface area contributed by atoms with Crippen molar-refractivity contribution in [3.8, 4) is 0 Å². The van der Waals surface area contributed by atoms with Crippen molar-refractivity contribution in [3.05, 3.63) is 35.4 Å². The second-order valence-electron chi connectivity index (χ2n) is 10.1. The van der Waals surface area contributed by atoms with Crippen LogP contribution < -0.4 is 5.73 Å². The first-order chi connectivity index (χ1) is 13.1. The van der Waals surface area contributed by atoms with E-state index < -0.39 is 0 Å². The fourth-order valence-electron chi connectivity index (χ4n) is 4.45. The van der Waals surface area contributed by atoms with Gasteiger partial charge in [0.1, 0.15) is 0 Å². The van der Waals surface area contributed by atoms with Crippen molar-refractivity contribution in [1.82, 2.24) is 9.80 Å². The summed E-state index contributed by atoms with van der Waals surface area (Å²) in [6, 6.07) is 6.60. The minimum atomic E-state index is 0.0370. The molecule has 0 atom stereocenters. The third kappa shape index (κ3) is 4.78. The summed E-state index contributed by atoms with van der Waals surface area (Å²) in [6.07, 6.45) is 5.84. The molecule has 1 fully saturated rings. The molecule has 0 saturated carbocycles. The average molecular weight is 384 g/mol. The van der Waals surface area contributed by atoms with Crippen LogP contribution in [0.4, 0.5) is 5.69 Å². The summed E-state index contributed by atoms with van der Waals surface area (Å²) in [4.78, 5) is 16.0. The highest BCUT2D eigenvalue weighted by molar-refractivity contribution is 5.76. The molecular formula is C24H37N3O. The van der Waals surface area contributed by atoms with Crippen molar-refractivity contribution in [1.29, 1.82) is 0 Å². The van der Waals surface area contributed by atoms with Crippen LogP contribution in [0.1, 0.15) is 65.0 Å². The molecule has 2 N–H and O–H groups in total. The van der Waals surface area contributed by atoms with Crippen LogP contribution in [-0.2, 0) is 10.2 Å². The first kappa shape index (κ1) is 20.9. The monoisotopic (exact) mass is 383 g/mol. The van der Waals surface area contributed by atoms with E-state index in [9.17, 15) is 4.79 Å². The summed E-state index contributed by atoms with van der Waals surface area (Å²) in [5, 5.41) is 0. The summed E-state index contributed by atoms with van der Waals surface area (Å²) in [7, 11) is 0. The fraction of sp³-hybridized carbons (Fsp3) is 0.625. The number of benzene rings is 1. The Morgan fingerprint density at radius 1 is 1.18 bits per heavy atom. The number of hydrogen-bond donors (Lipinski definition) is 1.